The molecule has 2 rings (SSSR count). The Bertz CT molecular complexity index is 594. The number of hydrogen-bond donors (Lipinski definition) is 2. The van der Waals surface area contributed by atoms with E-state index in [-0.39, 0.29) is 12.2 Å². The Morgan fingerprint density at radius 3 is 2.95 bits per heavy atom. The van der Waals surface area contributed by atoms with Crippen molar-refractivity contribution >= 4 is 34.6 Å². The molecule has 8 heteroatoms. The van der Waals surface area contributed by atoms with Crippen LogP contribution in [0.25, 0.3) is 9.88 Å². The van der Waals surface area contributed by atoms with Crippen LogP contribution in [0.2, 0.25) is 0 Å². The van der Waals surface area contributed by atoms with E-state index in [1.54, 1.807) is 16.7 Å². The van der Waals surface area contributed by atoms with Gasteiger partial charge in [0.1, 0.15) is 10.7 Å². The zero-order valence-electron chi connectivity index (χ0n) is 10.5. The normalized spacial score (nSPS) is 11.9. The summed E-state index contributed by atoms with van der Waals surface area (Å²) in [5.74, 6) is -1.23. The first-order valence-corrected chi connectivity index (χ1v) is 7.41. The van der Waals surface area contributed by atoms with Gasteiger partial charge in [0.2, 0.25) is 0 Å². The average Bonchev–Trinajstić information content (AvgIpc) is 3.12. The number of carbonyl (C=O) groups is 2. The Kier molecular flexibility index (Phi) is 4.83. The van der Waals surface area contributed by atoms with E-state index < -0.39 is 18.0 Å². The summed E-state index contributed by atoms with van der Waals surface area (Å²) in [6, 6.07) is 3.83. The molecule has 2 heterocycles. The topological polar surface area (TPSA) is 88.5 Å². The summed E-state index contributed by atoms with van der Waals surface area (Å²) in [4.78, 5) is 28.0. The summed E-state index contributed by atoms with van der Waals surface area (Å²) in [6.45, 7) is -0.211. The van der Waals surface area contributed by atoms with Gasteiger partial charge in [-0.25, -0.2) is 9.78 Å². The van der Waals surface area contributed by atoms with Crippen LogP contribution >= 0.6 is 22.7 Å². The molecule has 0 aliphatic rings. The minimum Gasteiger partial charge on any atom is -0.467 e. The Labute approximate surface area is 123 Å². The third kappa shape index (κ3) is 3.41. The van der Waals surface area contributed by atoms with Gasteiger partial charge in [0.25, 0.3) is 5.91 Å². The molecule has 1 amide bonds. The number of ether oxygens (including phenoxy) is 1. The van der Waals surface area contributed by atoms with Crippen molar-refractivity contribution in [3.63, 3.8) is 0 Å². The van der Waals surface area contributed by atoms with Crippen LogP contribution in [0, 0.1) is 0 Å². The monoisotopic (exact) mass is 312 g/mol. The van der Waals surface area contributed by atoms with E-state index in [1.165, 1.54) is 18.4 Å². The van der Waals surface area contributed by atoms with Crippen molar-refractivity contribution in [2.24, 2.45) is 0 Å². The van der Waals surface area contributed by atoms with Crippen molar-refractivity contribution in [2.45, 2.75) is 6.10 Å². The molecular weight excluding hydrogens is 300 g/mol. The summed E-state index contributed by atoms with van der Waals surface area (Å²) in [5.41, 5.74) is 0.260. The fraction of sp³-hybridized carbons (Fsp3) is 0.250. The molecule has 6 nitrogen and oxygen atoms in total. The van der Waals surface area contributed by atoms with Gasteiger partial charge in [-0.2, -0.15) is 0 Å². The number of rotatable bonds is 5. The first kappa shape index (κ1) is 14.6. The SMILES string of the molecule is COC(=O)C(O)CNC(=O)c1csc(-c2cccs2)n1. The average molecular weight is 312 g/mol. The van der Waals surface area contributed by atoms with Crippen LogP contribution in [0.1, 0.15) is 10.5 Å². The summed E-state index contributed by atoms with van der Waals surface area (Å²) in [7, 11) is 1.17. The van der Waals surface area contributed by atoms with Crippen LogP contribution < -0.4 is 5.32 Å². The first-order chi connectivity index (χ1) is 9.61. The maximum absolute atomic E-state index is 11.8. The number of nitrogens with zero attached hydrogens (tertiary/aromatic N) is 1. The molecule has 0 aliphatic heterocycles. The van der Waals surface area contributed by atoms with E-state index in [0.717, 1.165) is 9.88 Å². The van der Waals surface area contributed by atoms with Crippen LogP contribution in [-0.2, 0) is 9.53 Å². The fourth-order valence-electron chi connectivity index (χ4n) is 1.39. The molecule has 2 aromatic heterocycles. The van der Waals surface area contributed by atoms with Crippen molar-refractivity contribution in [2.75, 3.05) is 13.7 Å². The predicted molar refractivity (Wildman–Crippen MR) is 75.8 cm³/mol. The van der Waals surface area contributed by atoms with Crippen molar-refractivity contribution < 1.29 is 19.4 Å². The van der Waals surface area contributed by atoms with E-state index in [0.29, 0.717) is 0 Å². The van der Waals surface area contributed by atoms with Gasteiger partial charge in [0.05, 0.1) is 18.5 Å². The number of thiazole rings is 1. The Hall–Kier alpha value is -1.77. The lowest BCUT2D eigenvalue weighted by Gasteiger charge is -2.08. The van der Waals surface area contributed by atoms with Gasteiger partial charge in [-0.15, -0.1) is 22.7 Å². The number of nitrogens with one attached hydrogen (secondary N) is 1. The highest BCUT2D eigenvalue weighted by atomic mass is 32.1. The lowest BCUT2D eigenvalue weighted by Crippen LogP contribution is -2.37. The van der Waals surface area contributed by atoms with Crippen LogP contribution in [0.4, 0.5) is 0 Å². The molecule has 0 saturated heterocycles. The lowest BCUT2D eigenvalue weighted by molar-refractivity contribution is -0.149. The van der Waals surface area contributed by atoms with Gasteiger partial charge < -0.3 is 15.2 Å². The highest BCUT2D eigenvalue weighted by molar-refractivity contribution is 7.20. The first-order valence-electron chi connectivity index (χ1n) is 5.65. The smallest absolute Gasteiger partial charge is 0.336 e. The molecular formula is C12H12N2O4S2. The van der Waals surface area contributed by atoms with Gasteiger partial charge in [-0.3, -0.25) is 4.79 Å². The number of thiophene rings is 1. The molecule has 0 radical (unpaired) electrons. The number of amides is 1. The molecule has 1 unspecified atom stereocenters. The number of hydrogen-bond acceptors (Lipinski definition) is 7. The van der Waals surface area contributed by atoms with E-state index in [4.69, 9.17) is 0 Å². The number of carbonyl (C=O) groups excluding carboxylic acids is 2. The van der Waals surface area contributed by atoms with Gasteiger partial charge in [-0.1, -0.05) is 6.07 Å². The molecule has 0 aromatic carbocycles. The summed E-state index contributed by atoms with van der Waals surface area (Å²) < 4.78 is 4.35. The number of esters is 1. The van der Waals surface area contributed by atoms with E-state index in [2.05, 4.69) is 15.0 Å². The minimum atomic E-state index is -1.38. The Morgan fingerprint density at radius 1 is 1.50 bits per heavy atom. The maximum Gasteiger partial charge on any atom is 0.336 e. The zero-order valence-corrected chi connectivity index (χ0v) is 12.2. The van der Waals surface area contributed by atoms with E-state index >= 15 is 0 Å². The molecule has 0 aliphatic carbocycles. The molecule has 1 atom stereocenters. The molecule has 0 saturated carbocycles. The highest BCUT2D eigenvalue weighted by Gasteiger charge is 2.18. The standard InChI is InChI=1S/C12H12N2O4S2/c1-18-12(17)8(15)5-13-10(16)7-6-20-11(14-7)9-3-2-4-19-9/h2-4,6,8,15H,5H2,1H3,(H,13,16). The minimum absolute atomic E-state index is 0.211. The number of methoxy groups -OCH3 is 1. The lowest BCUT2D eigenvalue weighted by atomic mass is 10.3. The summed E-state index contributed by atoms with van der Waals surface area (Å²) in [6.07, 6.45) is -1.38. The van der Waals surface area contributed by atoms with Gasteiger partial charge in [0, 0.05) is 5.38 Å². The molecule has 106 valence electrons. The quantitative estimate of drug-likeness (QED) is 0.808. The number of aromatic nitrogens is 1. The van der Waals surface area contributed by atoms with E-state index in [1.807, 2.05) is 17.5 Å². The third-order valence-electron chi connectivity index (χ3n) is 2.40. The molecule has 20 heavy (non-hydrogen) atoms. The van der Waals surface area contributed by atoms with Crippen LogP contribution in [-0.4, -0.2) is 41.7 Å². The molecule has 2 N–H and O–H groups in total. The maximum atomic E-state index is 11.8. The number of aliphatic hydroxyl groups is 1. The van der Waals surface area contributed by atoms with Gasteiger partial charge in [-0.05, 0) is 11.4 Å². The van der Waals surface area contributed by atoms with E-state index in [9.17, 15) is 14.7 Å². The molecule has 2 aromatic rings. The Balaban J connectivity index is 1.95. The fourth-order valence-corrected chi connectivity index (χ4v) is 3.01. The summed E-state index contributed by atoms with van der Waals surface area (Å²) in [5, 5.41) is 16.1. The zero-order chi connectivity index (χ0) is 14.5. The molecule has 0 fully saturated rings. The van der Waals surface area contributed by atoms with Crippen LogP contribution in [0.5, 0.6) is 0 Å². The Morgan fingerprint density at radius 2 is 2.30 bits per heavy atom. The number of aliphatic hydroxyl groups excluding tert-OH is 1. The second-order valence-corrected chi connectivity index (χ2v) is 5.57. The van der Waals surface area contributed by atoms with Crippen molar-refractivity contribution in [1.29, 1.82) is 0 Å². The van der Waals surface area contributed by atoms with Gasteiger partial charge >= 0.3 is 5.97 Å². The van der Waals surface area contributed by atoms with Crippen molar-refractivity contribution in [1.82, 2.24) is 10.3 Å². The second kappa shape index (κ2) is 6.60. The highest BCUT2D eigenvalue weighted by Crippen LogP contribution is 2.27. The second-order valence-electron chi connectivity index (χ2n) is 3.76. The van der Waals surface area contributed by atoms with Crippen molar-refractivity contribution in [3.05, 3.63) is 28.6 Å². The molecule has 0 bridgehead atoms. The largest absolute Gasteiger partial charge is 0.467 e. The summed E-state index contributed by atoms with van der Waals surface area (Å²) >= 11 is 2.91. The predicted octanol–water partition coefficient (Wildman–Crippen LogP) is 1.14. The van der Waals surface area contributed by atoms with Crippen molar-refractivity contribution in [3.8, 4) is 9.88 Å². The van der Waals surface area contributed by atoms with Crippen LogP contribution in [0.3, 0.4) is 0 Å². The van der Waals surface area contributed by atoms with Gasteiger partial charge in [0.15, 0.2) is 6.10 Å². The third-order valence-corrected chi connectivity index (χ3v) is 4.28. The van der Waals surface area contributed by atoms with Crippen LogP contribution in [0.15, 0.2) is 22.9 Å². The molecule has 0 spiro atoms.